The van der Waals surface area contributed by atoms with Crippen LogP contribution in [0.2, 0.25) is 5.02 Å². The van der Waals surface area contributed by atoms with Gasteiger partial charge in [0.1, 0.15) is 0 Å². The largest absolute Gasteiger partial charge is 0.321 e. The Balaban J connectivity index is 2.09. The van der Waals surface area contributed by atoms with E-state index in [1.54, 1.807) is 24.3 Å². The number of hydrogen-bond donors (Lipinski definition) is 2. The molecule has 0 aliphatic carbocycles. The molecule has 0 saturated heterocycles. The van der Waals surface area contributed by atoms with Crippen LogP contribution >= 0.6 is 11.6 Å². The number of anilines is 1. The molecule has 0 unspecified atom stereocenters. The molecule has 24 heavy (non-hydrogen) atoms. The molecule has 2 rings (SSSR count). The van der Waals surface area contributed by atoms with Crippen LogP contribution in [0.1, 0.15) is 30.1 Å². The first-order valence-electron chi connectivity index (χ1n) is 7.59. The molecule has 0 radical (unpaired) electrons. The first-order valence-corrected chi connectivity index (χ1v) is 9.46. The van der Waals surface area contributed by atoms with Crippen LogP contribution in [-0.4, -0.2) is 20.9 Å². The van der Waals surface area contributed by atoms with E-state index in [2.05, 4.69) is 10.0 Å². The van der Waals surface area contributed by atoms with Gasteiger partial charge in [0.25, 0.3) is 5.91 Å². The maximum atomic E-state index is 12.2. The van der Waals surface area contributed by atoms with Crippen molar-refractivity contribution in [3.63, 3.8) is 0 Å². The first kappa shape index (κ1) is 18.4. The van der Waals surface area contributed by atoms with Gasteiger partial charge in [0.15, 0.2) is 0 Å². The van der Waals surface area contributed by atoms with Crippen molar-refractivity contribution < 1.29 is 13.2 Å². The molecular weight excluding hydrogens is 348 g/mol. The molecule has 0 aliphatic heterocycles. The molecule has 5 nitrogen and oxygen atoms in total. The third kappa shape index (κ3) is 4.80. The molecule has 0 heterocycles. The second-order valence-corrected chi connectivity index (χ2v) is 7.38. The zero-order valence-electron chi connectivity index (χ0n) is 13.3. The molecule has 2 aromatic carbocycles. The Kier molecular flexibility index (Phi) is 6.36. The Morgan fingerprint density at radius 1 is 1.08 bits per heavy atom. The number of sulfonamides is 1. The van der Waals surface area contributed by atoms with E-state index < -0.39 is 10.0 Å². The molecule has 0 saturated carbocycles. The molecule has 2 N–H and O–H groups in total. The fraction of sp³-hybridized carbons (Fsp3) is 0.235. The smallest absolute Gasteiger partial charge is 0.255 e. The van der Waals surface area contributed by atoms with Crippen molar-refractivity contribution in [3.05, 3.63) is 59.1 Å². The third-order valence-corrected chi connectivity index (χ3v) is 5.18. The average Bonchev–Trinajstić information content (AvgIpc) is 2.57. The summed E-state index contributed by atoms with van der Waals surface area (Å²) in [4.78, 5) is 12.3. The summed E-state index contributed by atoms with van der Waals surface area (Å²) in [6.45, 7) is 2.38. The molecule has 0 aliphatic rings. The minimum absolute atomic E-state index is 0.132. The predicted molar refractivity (Wildman–Crippen MR) is 95.9 cm³/mol. The quantitative estimate of drug-likeness (QED) is 0.734. The van der Waals surface area contributed by atoms with Crippen molar-refractivity contribution >= 4 is 33.2 Å². The SMILES string of the molecule is CCCCNS(=O)(=O)c1ccc(C(=O)Nc2ccccc2Cl)cc1. The number of unbranched alkanes of at least 4 members (excludes halogenated alkanes) is 1. The van der Waals surface area contributed by atoms with Crippen molar-refractivity contribution in [2.24, 2.45) is 0 Å². The number of halogens is 1. The van der Waals surface area contributed by atoms with Crippen molar-refractivity contribution in [1.82, 2.24) is 4.72 Å². The highest BCUT2D eigenvalue weighted by atomic mass is 35.5. The zero-order valence-corrected chi connectivity index (χ0v) is 14.8. The van der Waals surface area contributed by atoms with Gasteiger partial charge in [-0.25, -0.2) is 13.1 Å². The first-order chi connectivity index (χ1) is 11.4. The third-order valence-electron chi connectivity index (χ3n) is 3.37. The molecule has 128 valence electrons. The van der Waals surface area contributed by atoms with Gasteiger partial charge in [-0.05, 0) is 42.8 Å². The maximum absolute atomic E-state index is 12.2. The standard InChI is InChI=1S/C17H19ClN2O3S/c1-2-3-12-19-24(22,23)14-10-8-13(9-11-14)17(21)20-16-7-5-4-6-15(16)18/h4-11,19H,2-3,12H2,1H3,(H,20,21). The highest BCUT2D eigenvalue weighted by Gasteiger charge is 2.14. The molecule has 7 heteroatoms. The monoisotopic (exact) mass is 366 g/mol. The second kappa shape index (κ2) is 8.28. The van der Waals surface area contributed by atoms with E-state index >= 15 is 0 Å². The number of carbonyl (C=O) groups is 1. The number of benzene rings is 2. The van der Waals surface area contributed by atoms with Crippen LogP contribution in [-0.2, 0) is 10.0 Å². The van der Waals surface area contributed by atoms with Gasteiger partial charge in [0.2, 0.25) is 10.0 Å². The van der Waals surface area contributed by atoms with E-state index in [1.165, 1.54) is 24.3 Å². The average molecular weight is 367 g/mol. The number of carbonyl (C=O) groups excluding carboxylic acids is 1. The number of amides is 1. The van der Waals surface area contributed by atoms with Gasteiger partial charge in [-0.3, -0.25) is 4.79 Å². The van der Waals surface area contributed by atoms with E-state index in [4.69, 9.17) is 11.6 Å². The topological polar surface area (TPSA) is 75.3 Å². The van der Waals surface area contributed by atoms with E-state index in [-0.39, 0.29) is 10.8 Å². The van der Waals surface area contributed by atoms with Gasteiger partial charge < -0.3 is 5.32 Å². The van der Waals surface area contributed by atoms with Crippen LogP contribution in [0.3, 0.4) is 0 Å². The number of rotatable bonds is 7. The van der Waals surface area contributed by atoms with Gasteiger partial charge in [0, 0.05) is 12.1 Å². The fourth-order valence-corrected chi connectivity index (χ4v) is 3.27. The summed E-state index contributed by atoms with van der Waals surface area (Å²) >= 11 is 6.00. The summed E-state index contributed by atoms with van der Waals surface area (Å²) in [6.07, 6.45) is 1.68. The van der Waals surface area contributed by atoms with Crippen molar-refractivity contribution in [2.75, 3.05) is 11.9 Å². The van der Waals surface area contributed by atoms with Crippen LogP contribution in [0.25, 0.3) is 0 Å². The summed E-state index contributed by atoms with van der Waals surface area (Å²) in [5, 5.41) is 3.13. The second-order valence-electron chi connectivity index (χ2n) is 5.21. The van der Waals surface area contributed by atoms with Crippen LogP contribution in [0.5, 0.6) is 0 Å². The normalized spacial score (nSPS) is 11.2. The number of hydrogen-bond acceptors (Lipinski definition) is 3. The van der Waals surface area contributed by atoms with E-state index in [1.807, 2.05) is 6.92 Å². The molecule has 1 amide bonds. The Labute approximate surface area is 147 Å². The summed E-state index contributed by atoms with van der Waals surface area (Å²) in [5.41, 5.74) is 0.851. The van der Waals surface area contributed by atoms with Crippen LogP contribution in [0, 0.1) is 0 Å². The lowest BCUT2D eigenvalue weighted by Crippen LogP contribution is -2.24. The summed E-state index contributed by atoms with van der Waals surface area (Å²) < 4.78 is 26.7. The lowest BCUT2D eigenvalue weighted by Gasteiger charge is -2.09. The highest BCUT2D eigenvalue weighted by Crippen LogP contribution is 2.21. The Hall–Kier alpha value is -1.89. The van der Waals surface area contributed by atoms with Crippen LogP contribution in [0.4, 0.5) is 5.69 Å². The number of nitrogens with one attached hydrogen (secondary N) is 2. The molecule has 0 fully saturated rings. The Morgan fingerprint density at radius 2 is 1.75 bits per heavy atom. The molecule has 2 aromatic rings. The minimum Gasteiger partial charge on any atom is -0.321 e. The zero-order chi connectivity index (χ0) is 17.6. The molecule has 0 spiro atoms. The summed E-state index contributed by atoms with van der Waals surface area (Å²) in [6, 6.07) is 12.7. The van der Waals surface area contributed by atoms with Crippen LogP contribution < -0.4 is 10.0 Å². The van der Waals surface area contributed by atoms with Crippen molar-refractivity contribution in [2.45, 2.75) is 24.7 Å². The van der Waals surface area contributed by atoms with Gasteiger partial charge in [-0.2, -0.15) is 0 Å². The van der Waals surface area contributed by atoms with E-state index in [0.29, 0.717) is 22.8 Å². The van der Waals surface area contributed by atoms with Gasteiger partial charge >= 0.3 is 0 Å². The maximum Gasteiger partial charge on any atom is 0.255 e. The molecule has 0 atom stereocenters. The van der Waals surface area contributed by atoms with Crippen molar-refractivity contribution in [3.8, 4) is 0 Å². The fourth-order valence-electron chi connectivity index (χ4n) is 2.01. The van der Waals surface area contributed by atoms with Crippen molar-refractivity contribution in [1.29, 1.82) is 0 Å². The van der Waals surface area contributed by atoms with E-state index in [9.17, 15) is 13.2 Å². The van der Waals surface area contributed by atoms with E-state index in [0.717, 1.165) is 12.8 Å². The van der Waals surface area contributed by atoms with Gasteiger partial charge in [-0.1, -0.05) is 37.1 Å². The van der Waals surface area contributed by atoms with Gasteiger partial charge in [-0.15, -0.1) is 0 Å². The summed E-state index contributed by atoms with van der Waals surface area (Å²) in [7, 11) is -3.54. The summed E-state index contributed by atoms with van der Waals surface area (Å²) in [5.74, 6) is -0.356. The molecule has 0 aromatic heterocycles. The lowest BCUT2D eigenvalue weighted by molar-refractivity contribution is 0.102. The van der Waals surface area contributed by atoms with Gasteiger partial charge in [0.05, 0.1) is 15.6 Å². The molecular formula is C17H19ClN2O3S. The van der Waals surface area contributed by atoms with Crippen LogP contribution in [0.15, 0.2) is 53.4 Å². The molecule has 0 bridgehead atoms. The predicted octanol–water partition coefficient (Wildman–Crippen LogP) is 3.67. The highest BCUT2D eigenvalue weighted by molar-refractivity contribution is 7.89. The number of para-hydroxylation sites is 1. The minimum atomic E-state index is -3.54. The Morgan fingerprint density at radius 3 is 2.38 bits per heavy atom. The Bertz CT molecular complexity index is 805. The lowest BCUT2D eigenvalue weighted by atomic mass is 10.2.